The Balaban J connectivity index is 1.74. The summed E-state index contributed by atoms with van der Waals surface area (Å²) < 4.78 is 0. The average Bonchev–Trinajstić information content (AvgIpc) is 3.08. The molecule has 0 aromatic carbocycles. The summed E-state index contributed by atoms with van der Waals surface area (Å²) in [6.45, 7) is 1.68. The number of nitrogens with zero attached hydrogens (tertiary/aromatic N) is 2. The SMILES string of the molecule is O=C(O)C1CCN(C(Cc2ccccn2)c2ccsc2)CC1. The van der Waals surface area contributed by atoms with E-state index in [1.165, 1.54) is 5.56 Å². The zero-order valence-corrected chi connectivity index (χ0v) is 13.2. The molecule has 0 amide bonds. The summed E-state index contributed by atoms with van der Waals surface area (Å²) in [7, 11) is 0. The van der Waals surface area contributed by atoms with Gasteiger partial charge >= 0.3 is 5.97 Å². The predicted octanol–water partition coefficient (Wildman–Crippen LogP) is 3.22. The fourth-order valence-corrected chi connectivity index (χ4v) is 3.80. The Bertz CT molecular complexity index is 592. The van der Waals surface area contributed by atoms with Gasteiger partial charge in [-0.15, -0.1) is 0 Å². The van der Waals surface area contributed by atoms with Gasteiger partial charge in [0.2, 0.25) is 0 Å². The first-order valence-corrected chi connectivity index (χ1v) is 8.57. The molecular formula is C17H20N2O2S. The van der Waals surface area contributed by atoms with Gasteiger partial charge < -0.3 is 5.11 Å². The van der Waals surface area contributed by atoms with E-state index in [-0.39, 0.29) is 12.0 Å². The van der Waals surface area contributed by atoms with Crippen LogP contribution in [0.3, 0.4) is 0 Å². The molecule has 0 spiro atoms. The van der Waals surface area contributed by atoms with Crippen molar-refractivity contribution in [3.8, 4) is 0 Å². The topological polar surface area (TPSA) is 53.4 Å². The number of aliphatic carboxylic acids is 1. The van der Waals surface area contributed by atoms with Crippen molar-refractivity contribution in [3.63, 3.8) is 0 Å². The third-order valence-corrected chi connectivity index (χ3v) is 5.08. The lowest BCUT2D eigenvalue weighted by atomic mass is 9.93. The van der Waals surface area contributed by atoms with Crippen LogP contribution in [0.4, 0.5) is 0 Å². The van der Waals surface area contributed by atoms with E-state index >= 15 is 0 Å². The third-order valence-electron chi connectivity index (χ3n) is 4.38. The Kier molecular flexibility index (Phi) is 4.85. The molecule has 2 aromatic heterocycles. The molecule has 1 unspecified atom stereocenters. The highest BCUT2D eigenvalue weighted by molar-refractivity contribution is 7.07. The van der Waals surface area contributed by atoms with Crippen molar-refractivity contribution in [3.05, 3.63) is 52.5 Å². The molecule has 22 heavy (non-hydrogen) atoms. The predicted molar refractivity (Wildman–Crippen MR) is 86.9 cm³/mol. The van der Waals surface area contributed by atoms with Crippen LogP contribution >= 0.6 is 11.3 Å². The lowest BCUT2D eigenvalue weighted by Crippen LogP contribution is -2.39. The summed E-state index contributed by atoms with van der Waals surface area (Å²) in [5.74, 6) is -0.842. The smallest absolute Gasteiger partial charge is 0.306 e. The Morgan fingerprint density at radius 3 is 2.77 bits per heavy atom. The molecule has 0 aliphatic carbocycles. The highest BCUT2D eigenvalue weighted by Gasteiger charge is 2.29. The Morgan fingerprint density at radius 1 is 1.36 bits per heavy atom. The van der Waals surface area contributed by atoms with Crippen LogP contribution in [-0.2, 0) is 11.2 Å². The van der Waals surface area contributed by atoms with Crippen molar-refractivity contribution in [2.24, 2.45) is 5.92 Å². The standard InChI is InChI=1S/C17H20N2O2S/c20-17(21)13-4-8-19(9-5-13)16(14-6-10-22-12-14)11-15-3-1-2-7-18-15/h1-3,6-7,10,12-13,16H,4-5,8-9,11H2,(H,20,21). The first-order chi connectivity index (χ1) is 10.7. The average molecular weight is 316 g/mol. The normalized spacial score (nSPS) is 18.2. The fourth-order valence-electron chi connectivity index (χ4n) is 3.10. The Hall–Kier alpha value is -1.72. The number of rotatable bonds is 5. The number of thiophene rings is 1. The minimum absolute atomic E-state index is 0.186. The third kappa shape index (κ3) is 3.54. The van der Waals surface area contributed by atoms with Gasteiger partial charge in [0, 0.05) is 24.4 Å². The van der Waals surface area contributed by atoms with Crippen molar-refractivity contribution >= 4 is 17.3 Å². The van der Waals surface area contributed by atoms with Crippen LogP contribution in [-0.4, -0.2) is 34.0 Å². The molecule has 116 valence electrons. The highest BCUT2D eigenvalue weighted by atomic mass is 32.1. The Labute approximate surface area is 134 Å². The molecule has 5 heteroatoms. The van der Waals surface area contributed by atoms with E-state index in [4.69, 9.17) is 5.11 Å². The summed E-state index contributed by atoms with van der Waals surface area (Å²) >= 11 is 1.71. The van der Waals surface area contributed by atoms with Crippen LogP contribution in [0.25, 0.3) is 0 Å². The number of carboxylic acids is 1. The molecule has 4 nitrogen and oxygen atoms in total. The van der Waals surface area contributed by atoms with Crippen molar-refractivity contribution in [2.75, 3.05) is 13.1 Å². The number of hydrogen-bond donors (Lipinski definition) is 1. The maximum absolute atomic E-state index is 11.1. The molecule has 0 radical (unpaired) electrons. The molecule has 1 saturated heterocycles. The van der Waals surface area contributed by atoms with Gasteiger partial charge in [-0.05, 0) is 60.5 Å². The fraction of sp³-hybridized carbons (Fsp3) is 0.412. The number of carboxylic acid groups (broad SMARTS) is 1. The molecule has 1 atom stereocenters. The van der Waals surface area contributed by atoms with Gasteiger partial charge in [-0.25, -0.2) is 0 Å². The number of pyridine rings is 1. The minimum atomic E-state index is -0.656. The van der Waals surface area contributed by atoms with Crippen LogP contribution in [0.5, 0.6) is 0 Å². The van der Waals surface area contributed by atoms with Crippen molar-refractivity contribution < 1.29 is 9.90 Å². The van der Waals surface area contributed by atoms with E-state index in [2.05, 4.69) is 32.8 Å². The summed E-state index contributed by atoms with van der Waals surface area (Å²) in [6, 6.07) is 8.46. The number of hydrogen-bond acceptors (Lipinski definition) is 4. The minimum Gasteiger partial charge on any atom is -0.481 e. The largest absolute Gasteiger partial charge is 0.481 e. The van der Waals surface area contributed by atoms with Gasteiger partial charge in [-0.3, -0.25) is 14.7 Å². The molecular weight excluding hydrogens is 296 g/mol. The molecule has 3 rings (SSSR count). The van der Waals surface area contributed by atoms with E-state index in [1.54, 1.807) is 11.3 Å². The summed E-state index contributed by atoms with van der Waals surface area (Å²) in [4.78, 5) is 18.0. The van der Waals surface area contributed by atoms with Crippen LogP contribution in [0.2, 0.25) is 0 Å². The zero-order chi connectivity index (χ0) is 15.4. The van der Waals surface area contributed by atoms with Gasteiger partial charge in [0.25, 0.3) is 0 Å². The summed E-state index contributed by atoms with van der Waals surface area (Å²) in [6.07, 6.45) is 4.17. The second-order valence-corrected chi connectivity index (χ2v) is 6.53. The maximum atomic E-state index is 11.1. The second-order valence-electron chi connectivity index (χ2n) is 5.75. The monoisotopic (exact) mass is 316 g/mol. The lowest BCUT2D eigenvalue weighted by molar-refractivity contribution is -0.143. The van der Waals surface area contributed by atoms with Crippen LogP contribution in [0.15, 0.2) is 41.2 Å². The van der Waals surface area contributed by atoms with Gasteiger partial charge in [-0.1, -0.05) is 6.07 Å². The van der Waals surface area contributed by atoms with Gasteiger partial charge in [0.15, 0.2) is 0 Å². The number of carbonyl (C=O) groups is 1. The number of aromatic nitrogens is 1. The van der Waals surface area contributed by atoms with Crippen LogP contribution in [0.1, 0.15) is 30.1 Å². The maximum Gasteiger partial charge on any atom is 0.306 e. The number of piperidine rings is 1. The van der Waals surface area contributed by atoms with Crippen LogP contribution < -0.4 is 0 Å². The molecule has 1 aliphatic heterocycles. The number of likely N-dealkylation sites (tertiary alicyclic amines) is 1. The van der Waals surface area contributed by atoms with Gasteiger partial charge in [-0.2, -0.15) is 11.3 Å². The van der Waals surface area contributed by atoms with Crippen molar-refractivity contribution in [1.82, 2.24) is 9.88 Å². The lowest BCUT2D eigenvalue weighted by Gasteiger charge is -2.36. The molecule has 2 aromatic rings. The first-order valence-electron chi connectivity index (χ1n) is 7.63. The second kappa shape index (κ2) is 7.03. The van der Waals surface area contributed by atoms with Crippen LogP contribution in [0, 0.1) is 5.92 Å². The van der Waals surface area contributed by atoms with Crippen molar-refractivity contribution in [1.29, 1.82) is 0 Å². The van der Waals surface area contributed by atoms with E-state index in [1.807, 2.05) is 18.3 Å². The molecule has 1 N–H and O–H groups in total. The quantitative estimate of drug-likeness (QED) is 0.920. The highest BCUT2D eigenvalue weighted by Crippen LogP contribution is 2.30. The molecule has 1 aliphatic rings. The van der Waals surface area contributed by atoms with E-state index < -0.39 is 5.97 Å². The van der Waals surface area contributed by atoms with E-state index in [9.17, 15) is 4.79 Å². The zero-order valence-electron chi connectivity index (χ0n) is 12.4. The van der Waals surface area contributed by atoms with E-state index in [0.717, 1.165) is 38.0 Å². The van der Waals surface area contributed by atoms with Crippen molar-refractivity contribution in [2.45, 2.75) is 25.3 Å². The van der Waals surface area contributed by atoms with Gasteiger partial charge in [0.05, 0.1) is 5.92 Å². The summed E-state index contributed by atoms with van der Waals surface area (Å²) in [5.41, 5.74) is 2.39. The molecule has 0 bridgehead atoms. The summed E-state index contributed by atoms with van der Waals surface area (Å²) in [5, 5.41) is 13.4. The molecule has 3 heterocycles. The van der Waals surface area contributed by atoms with E-state index in [0.29, 0.717) is 0 Å². The first kappa shape index (κ1) is 15.2. The molecule has 1 fully saturated rings. The Morgan fingerprint density at radius 2 is 2.18 bits per heavy atom. The molecule has 0 saturated carbocycles. The van der Waals surface area contributed by atoms with Gasteiger partial charge in [0.1, 0.15) is 0 Å².